The normalized spacial score (nSPS) is 9.58. The molecule has 0 saturated heterocycles. The van der Waals surface area contributed by atoms with E-state index in [0.717, 1.165) is 5.57 Å². The molecule has 5 heteroatoms. The molecule has 0 radical (unpaired) electrons. The lowest BCUT2D eigenvalue weighted by atomic mass is 10.1. The van der Waals surface area contributed by atoms with E-state index in [1.54, 1.807) is 6.26 Å². The number of carboxylic acids is 1. The molecule has 5 nitrogen and oxygen atoms in total. The number of carbonyl (C=O) groups is 2. The van der Waals surface area contributed by atoms with Crippen LogP contribution in [0.2, 0.25) is 0 Å². The van der Waals surface area contributed by atoms with Crippen molar-refractivity contribution in [1.82, 2.24) is 0 Å². The van der Waals surface area contributed by atoms with Gasteiger partial charge in [0.2, 0.25) is 0 Å². The third-order valence-corrected chi connectivity index (χ3v) is 2.10. The van der Waals surface area contributed by atoms with E-state index in [1.165, 1.54) is 24.3 Å². The van der Waals surface area contributed by atoms with Gasteiger partial charge in [-0.3, -0.25) is 0 Å². The standard InChI is InChI=1S/C14H16O5/c1-10(2)9-18-6-7-19-14(17)12-5-3-4-11(8-12)13(15)16/h3-5,8-9H,6-7H2,1-2H3,(H,15,16). The van der Waals surface area contributed by atoms with E-state index in [0.29, 0.717) is 0 Å². The van der Waals surface area contributed by atoms with Crippen molar-refractivity contribution in [2.24, 2.45) is 0 Å². The number of esters is 1. The summed E-state index contributed by atoms with van der Waals surface area (Å²) in [5.41, 5.74) is 1.28. The fraction of sp³-hybridized carbons (Fsp3) is 0.286. The highest BCUT2D eigenvalue weighted by atomic mass is 16.6. The van der Waals surface area contributed by atoms with Gasteiger partial charge in [0.15, 0.2) is 0 Å². The molecule has 0 fully saturated rings. The van der Waals surface area contributed by atoms with Crippen molar-refractivity contribution in [1.29, 1.82) is 0 Å². The summed E-state index contributed by atoms with van der Waals surface area (Å²) in [6, 6.07) is 5.70. The van der Waals surface area contributed by atoms with Crippen LogP contribution in [-0.2, 0) is 9.47 Å². The van der Waals surface area contributed by atoms with E-state index in [2.05, 4.69) is 0 Å². The Hall–Kier alpha value is -2.30. The molecule has 0 aliphatic carbocycles. The number of hydrogen-bond donors (Lipinski definition) is 1. The first-order chi connectivity index (χ1) is 9.00. The van der Waals surface area contributed by atoms with Gasteiger partial charge in [-0.2, -0.15) is 0 Å². The largest absolute Gasteiger partial charge is 0.498 e. The summed E-state index contributed by atoms with van der Waals surface area (Å²) in [6.45, 7) is 4.16. The van der Waals surface area contributed by atoms with Gasteiger partial charge in [0.1, 0.15) is 13.2 Å². The predicted molar refractivity (Wildman–Crippen MR) is 69.1 cm³/mol. The summed E-state index contributed by atoms with van der Waals surface area (Å²) in [6.07, 6.45) is 1.58. The van der Waals surface area contributed by atoms with Gasteiger partial charge < -0.3 is 14.6 Å². The summed E-state index contributed by atoms with van der Waals surface area (Å²) < 4.78 is 10.1. The first-order valence-electron chi connectivity index (χ1n) is 5.76. The number of ether oxygens (including phenoxy) is 2. The minimum Gasteiger partial charge on any atom is -0.498 e. The molecular weight excluding hydrogens is 248 g/mol. The van der Waals surface area contributed by atoms with E-state index in [4.69, 9.17) is 14.6 Å². The van der Waals surface area contributed by atoms with E-state index in [-0.39, 0.29) is 24.3 Å². The Bertz CT molecular complexity index is 486. The molecule has 1 aromatic carbocycles. The highest BCUT2D eigenvalue weighted by Crippen LogP contribution is 2.07. The Kier molecular flexibility index (Phi) is 5.60. The van der Waals surface area contributed by atoms with Gasteiger partial charge in [-0.25, -0.2) is 9.59 Å². The maximum atomic E-state index is 11.6. The van der Waals surface area contributed by atoms with E-state index >= 15 is 0 Å². The SMILES string of the molecule is CC(C)=COCCOC(=O)c1cccc(C(=O)O)c1. The second-order valence-corrected chi connectivity index (χ2v) is 4.09. The van der Waals surface area contributed by atoms with Crippen molar-refractivity contribution in [2.45, 2.75) is 13.8 Å². The maximum absolute atomic E-state index is 11.6. The zero-order valence-electron chi connectivity index (χ0n) is 10.9. The number of allylic oxidation sites excluding steroid dienone is 1. The second-order valence-electron chi connectivity index (χ2n) is 4.09. The van der Waals surface area contributed by atoms with Crippen LogP contribution < -0.4 is 0 Å². The van der Waals surface area contributed by atoms with E-state index < -0.39 is 11.9 Å². The second kappa shape index (κ2) is 7.20. The molecule has 1 N–H and O–H groups in total. The van der Waals surface area contributed by atoms with Crippen molar-refractivity contribution in [3.05, 3.63) is 47.2 Å². The molecule has 0 unspecified atom stereocenters. The Morgan fingerprint density at radius 2 is 1.89 bits per heavy atom. The van der Waals surface area contributed by atoms with E-state index in [1.807, 2.05) is 13.8 Å². The van der Waals surface area contributed by atoms with Crippen molar-refractivity contribution in [3.8, 4) is 0 Å². The number of carbonyl (C=O) groups excluding carboxylic acids is 1. The molecule has 1 aromatic rings. The minimum atomic E-state index is -1.08. The van der Waals surface area contributed by atoms with Crippen molar-refractivity contribution < 1.29 is 24.2 Å². The van der Waals surface area contributed by atoms with Crippen LogP contribution in [0.5, 0.6) is 0 Å². The topological polar surface area (TPSA) is 72.8 Å². The molecule has 0 bridgehead atoms. The highest BCUT2D eigenvalue weighted by molar-refractivity contribution is 5.94. The maximum Gasteiger partial charge on any atom is 0.338 e. The Morgan fingerprint density at radius 1 is 1.21 bits per heavy atom. The molecule has 0 heterocycles. The van der Waals surface area contributed by atoms with Crippen molar-refractivity contribution in [2.75, 3.05) is 13.2 Å². The highest BCUT2D eigenvalue weighted by Gasteiger charge is 2.10. The van der Waals surface area contributed by atoms with Gasteiger partial charge in [-0.1, -0.05) is 6.07 Å². The number of aromatic carboxylic acids is 1. The average molecular weight is 264 g/mol. The fourth-order valence-electron chi connectivity index (χ4n) is 1.27. The number of carboxylic acid groups (broad SMARTS) is 1. The lowest BCUT2D eigenvalue weighted by Crippen LogP contribution is -2.10. The van der Waals surface area contributed by atoms with Crippen LogP contribution in [0, 0.1) is 0 Å². The van der Waals surface area contributed by atoms with Crippen molar-refractivity contribution in [3.63, 3.8) is 0 Å². The molecule has 0 aromatic heterocycles. The lowest BCUT2D eigenvalue weighted by molar-refractivity contribution is 0.0419. The van der Waals surface area contributed by atoms with Gasteiger partial charge in [-0.15, -0.1) is 0 Å². The van der Waals surface area contributed by atoms with Gasteiger partial charge in [0.05, 0.1) is 17.4 Å². The van der Waals surface area contributed by atoms with E-state index in [9.17, 15) is 9.59 Å². The first kappa shape index (κ1) is 14.8. The zero-order valence-corrected chi connectivity index (χ0v) is 10.9. The fourth-order valence-corrected chi connectivity index (χ4v) is 1.27. The predicted octanol–water partition coefficient (Wildman–Crippen LogP) is 2.48. The smallest absolute Gasteiger partial charge is 0.338 e. The van der Waals surface area contributed by atoms with Gasteiger partial charge >= 0.3 is 11.9 Å². The molecule has 0 atom stereocenters. The average Bonchev–Trinajstić information content (AvgIpc) is 2.37. The minimum absolute atomic E-state index is 0.0511. The monoisotopic (exact) mass is 264 g/mol. The Balaban J connectivity index is 2.47. The van der Waals surface area contributed by atoms with Gasteiger partial charge in [0.25, 0.3) is 0 Å². The number of benzene rings is 1. The third-order valence-electron chi connectivity index (χ3n) is 2.10. The molecule has 0 saturated carbocycles. The molecule has 0 spiro atoms. The van der Waals surface area contributed by atoms with Crippen LogP contribution in [-0.4, -0.2) is 30.3 Å². The summed E-state index contributed by atoms with van der Waals surface area (Å²) >= 11 is 0. The van der Waals surface area contributed by atoms with Crippen LogP contribution in [0.3, 0.4) is 0 Å². The Morgan fingerprint density at radius 3 is 2.53 bits per heavy atom. The lowest BCUT2D eigenvalue weighted by Gasteiger charge is -2.05. The third kappa shape index (κ3) is 5.25. The van der Waals surface area contributed by atoms with Gasteiger partial charge in [-0.05, 0) is 37.6 Å². The van der Waals surface area contributed by atoms with Crippen LogP contribution >= 0.6 is 0 Å². The number of rotatable bonds is 6. The zero-order chi connectivity index (χ0) is 14.3. The van der Waals surface area contributed by atoms with Gasteiger partial charge in [0, 0.05) is 0 Å². The molecule has 0 amide bonds. The molecule has 19 heavy (non-hydrogen) atoms. The summed E-state index contributed by atoms with van der Waals surface area (Å²) in [5, 5.41) is 8.81. The van der Waals surface area contributed by atoms with Crippen LogP contribution in [0.25, 0.3) is 0 Å². The Labute approximate surface area is 111 Å². The van der Waals surface area contributed by atoms with Crippen LogP contribution in [0.15, 0.2) is 36.1 Å². The van der Waals surface area contributed by atoms with Crippen LogP contribution in [0.4, 0.5) is 0 Å². The van der Waals surface area contributed by atoms with Crippen LogP contribution in [0.1, 0.15) is 34.6 Å². The first-order valence-corrected chi connectivity index (χ1v) is 5.76. The molecular formula is C14H16O5. The molecule has 0 aliphatic rings. The molecule has 1 rings (SSSR count). The summed E-state index contributed by atoms with van der Waals surface area (Å²) in [7, 11) is 0. The number of hydrogen-bond acceptors (Lipinski definition) is 4. The molecule has 102 valence electrons. The molecule has 0 aliphatic heterocycles. The van der Waals surface area contributed by atoms with Crippen molar-refractivity contribution >= 4 is 11.9 Å². The summed E-state index contributed by atoms with van der Waals surface area (Å²) in [4.78, 5) is 22.4. The summed E-state index contributed by atoms with van der Waals surface area (Å²) in [5.74, 6) is -1.65. The quantitative estimate of drug-likeness (QED) is 0.485.